The molecular formula is C21H21N3O7. The Hall–Kier alpha value is -3.43. The summed E-state index contributed by atoms with van der Waals surface area (Å²) in [5, 5.41) is 14.4. The van der Waals surface area contributed by atoms with Crippen LogP contribution in [0, 0.1) is 0 Å². The molecule has 5 atom stereocenters. The van der Waals surface area contributed by atoms with Crippen molar-refractivity contribution in [3.05, 3.63) is 82.2 Å². The van der Waals surface area contributed by atoms with E-state index in [0.29, 0.717) is 5.56 Å². The molecule has 1 N–H and O–H groups in total. The number of hydrogen-bond acceptors (Lipinski definition) is 8. The van der Waals surface area contributed by atoms with Crippen molar-refractivity contribution in [1.82, 2.24) is 0 Å². The molecule has 0 aliphatic carbocycles. The molecular weight excluding hydrogens is 406 g/mol. The Morgan fingerprint density at radius 2 is 1.65 bits per heavy atom. The number of rotatable bonds is 7. The summed E-state index contributed by atoms with van der Waals surface area (Å²) >= 11 is 0. The van der Waals surface area contributed by atoms with Crippen LogP contribution in [0.3, 0.4) is 0 Å². The quantitative estimate of drug-likeness (QED) is 0.310. The number of benzene rings is 2. The molecule has 0 spiro atoms. The van der Waals surface area contributed by atoms with Crippen LogP contribution < -0.4 is 0 Å². The summed E-state index contributed by atoms with van der Waals surface area (Å²) in [6.45, 7) is -0.336. The third-order valence-electron chi connectivity index (χ3n) is 4.70. The van der Waals surface area contributed by atoms with Crippen molar-refractivity contribution in [1.29, 1.82) is 0 Å². The fourth-order valence-corrected chi connectivity index (χ4v) is 3.14. The minimum atomic E-state index is -1.45. The maximum atomic E-state index is 12.5. The lowest BCUT2D eigenvalue weighted by Crippen LogP contribution is -2.59. The molecule has 1 fully saturated rings. The van der Waals surface area contributed by atoms with Crippen LogP contribution in [-0.4, -0.2) is 61.4 Å². The van der Waals surface area contributed by atoms with Gasteiger partial charge in [0, 0.05) is 12.0 Å². The molecule has 2 aromatic carbocycles. The van der Waals surface area contributed by atoms with Crippen molar-refractivity contribution in [2.45, 2.75) is 30.6 Å². The Bertz CT molecular complexity index is 935. The lowest BCUT2D eigenvalue weighted by Gasteiger charge is -2.41. The molecule has 1 saturated heterocycles. The van der Waals surface area contributed by atoms with Crippen LogP contribution in [0.2, 0.25) is 0 Å². The third-order valence-corrected chi connectivity index (χ3v) is 4.70. The highest BCUT2D eigenvalue weighted by Gasteiger charge is 2.48. The molecule has 162 valence electrons. The maximum absolute atomic E-state index is 12.5. The summed E-state index contributed by atoms with van der Waals surface area (Å²) in [5.74, 6) is -1.33. The van der Waals surface area contributed by atoms with Crippen LogP contribution in [0.4, 0.5) is 0 Å². The molecule has 10 heteroatoms. The van der Waals surface area contributed by atoms with Crippen LogP contribution in [0.5, 0.6) is 0 Å². The van der Waals surface area contributed by atoms with Crippen molar-refractivity contribution in [3.63, 3.8) is 0 Å². The molecule has 2 aromatic rings. The predicted molar refractivity (Wildman–Crippen MR) is 107 cm³/mol. The Morgan fingerprint density at radius 3 is 2.19 bits per heavy atom. The fraction of sp³-hybridized carbons (Fsp3) is 0.333. The lowest BCUT2D eigenvalue weighted by atomic mass is 9.97. The summed E-state index contributed by atoms with van der Waals surface area (Å²) in [4.78, 5) is 27.5. The monoisotopic (exact) mass is 427 g/mol. The molecule has 1 aliphatic heterocycles. The molecule has 3 rings (SSSR count). The van der Waals surface area contributed by atoms with Gasteiger partial charge >= 0.3 is 11.9 Å². The van der Waals surface area contributed by atoms with Gasteiger partial charge < -0.3 is 24.1 Å². The Labute approximate surface area is 177 Å². The zero-order valence-electron chi connectivity index (χ0n) is 16.6. The summed E-state index contributed by atoms with van der Waals surface area (Å²) < 4.78 is 21.5. The summed E-state index contributed by atoms with van der Waals surface area (Å²) in [7, 11) is 1.31. The second kappa shape index (κ2) is 10.6. The second-order valence-electron chi connectivity index (χ2n) is 6.67. The van der Waals surface area contributed by atoms with Gasteiger partial charge in [-0.1, -0.05) is 41.5 Å². The molecule has 10 nitrogen and oxygen atoms in total. The second-order valence-corrected chi connectivity index (χ2v) is 6.67. The average Bonchev–Trinajstić information content (AvgIpc) is 2.81. The normalized spacial score (nSPS) is 25.2. The van der Waals surface area contributed by atoms with Gasteiger partial charge in [0.25, 0.3) is 0 Å². The third kappa shape index (κ3) is 5.39. The number of ether oxygens (including phenoxy) is 4. The van der Waals surface area contributed by atoms with E-state index >= 15 is 0 Å². The standard InChI is InChI=1S/C21H21N3O7/c1-28-21-16(23-24-22)18(31-20(27)14-10-6-3-7-11-14)17(25)15(30-21)12-29-19(26)13-8-4-2-5-9-13/h2-11,15-18,21,25H,12H2,1H3/t15-,16+,17-,18-,21+/m1/s1. The number of aliphatic hydroxyl groups is 1. The molecule has 1 aliphatic rings. The molecule has 0 bridgehead atoms. The van der Waals surface area contributed by atoms with E-state index in [-0.39, 0.29) is 12.2 Å². The van der Waals surface area contributed by atoms with E-state index in [1.165, 1.54) is 7.11 Å². The number of nitrogens with zero attached hydrogens (tertiary/aromatic N) is 3. The Balaban J connectivity index is 1.76. The lowest BCUT2D eigenvalue weighted by molar-refractivity contribution is -0.257. The maximum Gasteiger partial charge on any atom is 0.338 e. The van der Waals surface area contributed by atoms with Crippen molar-refractivity contribution in [3.8, 4) is 0 Å². The van der Waals surface area contributed by atoms with E-state index in [1.54, 1.807) is 60.7 Å². The number of carbonyl (C=O) groups is 2. The van der Waals surface area contributed by atoms with Gasteiger partial charge in [0.05, 0.1) is 11.1 Å². The number of azide groups is 1. The molecule has 0 radical (unpaired) electrons. The van der Waals surface area contributed by atoms with Gasteiger partial charge in [-0.3, -0.25) is 0 Å². The van der Waals surface area contributed by atoms with E-state index in [2.05, 4.69) is 10.0 Å². The van der Waals surface area contributed by atoms with Crippen LogP contribution in [0.15, 0.2) is 65.8 Å². The largest absolute Gasteiger partial charge is 0.459 e. The van der Waals surface area contributed by atoms with E-state index < -0.39 is 42.6 Å². The van der Waals surface area contributed by atoms with Gasteiger partial charge in [0.2, 0.25) is 0 Å². The van der Waals surface area contributed by atoms with Gasteiger partial charge in [-0.05, 0) is 29.8 Å². The van der Waals surface area contributed by atoms with Crippen LogP contribution in [0.25, 0.3) is 10.4 Å². The number of carbonyl (C=O) groups excluding carboxylic acids is 2. The number of aliphatic hydroxyl groups excluding tert-OH is 1. The van der Waals surface area contributed by atoms with Crippen molar-refractivity contribution in [2.24, 2.45) is 5.11 Å². The average molecular weight is 427 g/mol. The van der Waals surface area contributed by atoms with Crippen LogP contribution in [-0.2, 0) is 18.9 Å². The molecule has 31 heavy (non-hydrogen) atoms. The van der Waals surface area contributed by atoms with Gasteiger partial charge in [-0.2, -0.15) is 0 Å². The molecule has 0 saturated carbocycles. The topological polar surface area (TPSA) is 140 Å². The van der Waals surface area contributed by atoms with Gasteiger partial charge in [-0.15, -0.1) is 0 Å². The number of methoxy groups -OCH3 is 1. The van der Waals surface area contributed by atoms with Crippen LogP contribution in [0.1, 0.15) is 20.7 Å². The molecule has 0 amide bonds. The first-order chi connectivity index (χ1) is 15.0. The molecule has 1 heterocycles. The van der Waals surface area contributed by atoms with Crippen molar-refractivity contribution < 1.29 is 33.6 Å². The Morgan fingerprint density at radius 1 is 1.06 bits per heavy atom. The highest BCUT2D eigenvalue weighted by atomic mass is 16.7. The van der Waals surface area contributed by atoms with Crippen molar-refractivity contribution in [2.75, 3.05) is 13.7 Å². The smallest absolute Gasteiger partial charge is 0.338 e. The first-order valence-electron chi connectivity index (χ1n) is 9.44. The number of hydrogen-bond donors (Lipinski definition) is 1. The van der Waals surface area contributed by atoms with E-state index in [9.17, 15) is 14.7 Å². The first-order valence-corrected chi connectivity index (χ1v) is 9.44. The van der Waals surface area contributed by atoms with E-state index in [4.69, 9.17) is 24.5 Å². The zero-order valence-corrected chi connectivity index (χ0v) is 16.6. The van der Waals surface area contributed by atoms with Gasteiger partial charge in [-0.25, -0.2) is 9.59 Å². The molecule has 0 unspecified atom stereocenters. The first kappa shape index (κ1) is 22.3. The minimum Gasteiger partial charge on any atom is -0.459 e. The fourth-order valence-electron chi connectivity index (χ4n) is 3.14. The highest BCUT2D eigenvalue weighted by Crippen LogP contribution is 2.28. The Kier molecular flexibility index (Phi) is 7.58. The summed E-state index contributed by atoms with van der Waals surface area (Å²) in [6, 6.07) is 15.3. The highest BCUT2D eigenvalue weighted by molar-refractivity contribution is 5.89. The van der Waals surface area contributed by atoms with Crippen LogP contribution >= 0.6 is 0 Å². The zero-order chi connectivity index (χ0) is 22.2. The summed E-state index contributed by atoms with van der Waals surface area (Å²) in [5.41, 5.74) is 9.49. The van der Waals surface area contributed by atoms with Gasteiger partial charge in [0.1, 0.15) is 31.0 Å². The number of esters is 2. The van der Waals surface area contributed by atoms with Gasteiger partial charge in [0.15, 0.2) is 6.29 Å². The van der Waals surface area contributed by atoms with E-state index in [0.717, 1.165) is 0 Å². The predicted octanol–water partition coefficient (Wildman–Crippen LogP) is 2.48. The SMILES string of the molecule is CO[C@H]1O[C@H](COC(=O)c2ccccc2)[C@@H](O)[C@H](OC(=O)c2ccccc2)[C@@H]1N=[N+]=[N-]. The van der Waals surface area contributed by atoms with Crippen molar-refractivity contribution >= 4 is 11.9 Å². The van der Waals surface area contributed by atoms with E-state index in [1.807, 2.05) is 0 Å². The molecule has 0 aromatic heterocycles. The minimum absolute atomic E-state index is 0.252. The summed E-state index contributed by atoms with van der Waals surface area (Å²) in [6.07, 6.45) is -4.95.